The second kappa shape index (κ2) is 8.61. The van der Waals surface area contributed by atoms with Gasteiger partial charge >= 0.3 is 0 Å². The van der Waals surface area contributed by atoms with Crippen molar-refractivity contribution in [3.8, 4) is 11.3 Å². The number of rotatable bonds is 7. The quantitative estimate of drug-likeness (QED) is 0.645. The van der Waals surface area contributed by atoms with Gasteiger partial charge in [0.1, 0.15) is 0 Å². The zero-order valence-electron chi connectivity index (χ0n) is 16.2. The van der Waals surface area contributed by atoms with Gasteiger partial charge in [-0.25, -0.2) is 8.42 Å². The monoisotopic (exact) mass is 408 g/mol. The van der Waals surface area contributed by atoms with Gasteiger partial charge in [0.25, 0.3) is 0 Å². The van der Waals surface area contributed by atoms with Gasteiger partial charge < -0.3 is 4.90 Å². The van der Waals surface area contributed by atoms with Crippen LogP contribution < -0.4 is 9.62 Å². The average Bonchev–Trinajstić information content (AvgIpc) is 3.29. The molecule has 0 aliphatic carbocycles. The normalized spacial score (nSPS) is 14.1. The van der Waals surface area contributed by atoms with E-state index in [-0.39, 0.29) is 5.75 Å². The van der Waals surface area contributed by atoms with Crippen molar-refractivity contribution in [2.24, 2.45) is 0 Å². The molecule has 7 heteroatoms. The van der Waals surface area contributed by atoms with E-state index in [0.29, 0.717) is 12.1 Å². The standard InChI is InChI=1S/C22H24N4O2S/c27-29(28,17-14-18-6-2-1-3-7-18)25-20-10-8-19(9-11-20)21-12-13-22(24-23-21)26-15-4-5-16-26/h1-3,6-13,25H,4-5,14-17H2. The van der Waals surface area contributed by atoms with Crippen LogP contribution in [0.15, 0.2) is 66.7 Å². The summed E-state index contributed by atoms with van der Waals surface area (Å²) >= 11 is 0. The van der Waals surface area contributed by atoms with Crippen molar-refractivity contribution >= 4 is 21.5 Å². The van der Waals surface area contributed by atoms with Crippen LogP contribution in [0.4, 0.5) is 11.5 Å². The smallest absolute Gasteiger partial charge is 0.233 e. The number of nitrogens with zero attached hydrogens (tertiary/aromatic N) is 3. The van der Waals surface area contributed by atoms with Crippen molar-refractivity contribution in [3.63, 3.8) is 0 Å². The maximum atomic E-state index is 12.4. The Bertz CT molecular complexity index is 1030. The van der Waals surface area contributed by atoms with E-state index in [0.717, 1.165) is 35.7 Å². The summed E-state index contributed by atoms with van der Waals surface area (Å²) < 4.78 is 27.3. The molecule has 0 bridgehead atoms. The Morgan fingerprint density at radius 2 is 1.59 bits per heavy atom. The van der Waals surface area contributed by atoms with Gasteiger partial charge in [0.2, 0.25) is 10.0 Å². The molecule has 1 saturated heterocycles. The van der Waals surface area contributed by atoms with E-state index in [1.165, 1.54) is 12.8 Å². The Labute approximate surface area is 171 Å². The summed E-state index contributed by atoms with van der Waals surface area (Å²) in [7, 11) is -3.41. The molecule has 2 heterocycles. The first kappa shape index (κ1) is 19.4. The lowest BCUT2D eigenvalue weighted by atomic mass is 10.1. The average molecular weight is 409 g/mol. The number of hydrogen-bond donors (Lipinski definition) is 1. The lowest BCUT2D eigenvalue weighted by Crippen LogP contribution is -2.19. The summed E-state index contributed by atoms with van der Waals surface area (Å²) in [4.78, 5) is 2.24. The van der Waals surface area contributed by atoms with Gasteiger partial charge in [0.15, 0.2) is 5.82 Å². The molecule has 4 rings (SSSR count). The topological polar surface area (TPSA) is 75.2 Å². The van der Waals surface area contributed by atoms with Crippen LogP contribution >= 0.6 is 0 Å². The molecular weight excluding hydrogens is 384 g/mol. The van der Waals surface area contributed by atoms with E-state index in [1.54, 1.807) is 12.1 Å². The summed E-state index contributed by atoms with van der Waals surface area (Å²) in [5.41, 5.74) is 3.22. The lowest BCUT2D eigenvalue weighted by Gasteiger charge is -2.15. The highest BCUT2D eigenvalue weighted by Crippen LogP contribution is 2.22. The van der Waals surface area contributed by atoms with Crippen molar-refractivity contribution in [2.75, 3.05) is 28.5 Å². The van der Waals surface area contributed by atoms with Crippen LogP contribution in [-0.2, 0) is 16.4 Å². The van der Waals surface area contributed by atoms with Crippen molar-refractivity contribution < 1.29 is 8.42 Å². The Kier molecular flexibility index (Phi) is 5.76. The molecule has 2 aromatic carbocycles. The van der Waals surface area contributed by atoms with Crippen LogP contribution in [0.2, 0.25) is 0 Å². The SMILES string of the molecule is O=S(=O)(CCc1ccccc1)Nc1ccc(-c2ccc(N3CCCC3)nn2)cc1. The summed E-state index contributed by atoms with van der Waals surface area (Å²) in [6.07, 6.45) is 2.88. The lowest BCUT2D eigenvalue weighted by molar-refractivity contribution is 0.600. The molecule has 1 fully saturated rings. The number of hydrogen-bond acceptors (Lipinski definition) is 5. The van der Waals surface area contributed by atoms with E-state index >= 15 is 0 Å². The molecule has 0 amide bonds. The highest BCUT2D eigenvalue weighted by molar-refractivity contribution is 7.92. The molecule has 1 aliphatic rings. The molecule has 0 unspecified atom stereocenters. The van der Waals surface area contributed by atoms with Gasteiger partial charge in [0.05, 0.1) is 11.4 Å². The number of sulfonamides is 1. The zero-order chi connectivity index (χ0) is 20.1. The second-order valence-corrected chi connectivity index (χ2v) is 9.05. The van der Waals surface area contributed by atoms with Crippen molar-refractivity contribution in [1.29, 1.82) is 0 Å². The molecule has 150 valence electrons. The van der Waals surface area contributed by atoms with Crippen molar-refractivity contribution in [1.82, 2.24) is 10.2 Å². The minimum Gasteiger partial charge on any atom is -0.355 e. The van der Waals surface area contributed by atoms with Gasteiger partial charge in [-0.15, -0.1) is 10.2 Å². The van der Waals surface area contributed by atoms with Crippen molar-refractivity contribution in [2.45, 2.75) is 19.3 Å². The Morgan fingerprint density at radius 3 is 2.24 bits per heavy atom. The number of benzene rings is 2. The van der Waals surface area contributed by atoms with E-state index in [1.807, 2.05) is 54.6 Å². The molecule has 0 saturated carbocycles. The molecule has 1 N–H and O–H groups in total. The molecule has 0 atom stereocenters. The highest BCUT2D eigenvalue weighted by atomic mass is 32.2. The summed E-state index contributed by atoms with van der Waals surface area (Å²) in [5, 5.41) is 8.67. The van der Waals surface area contributed by atoms with Crippen LogP contribution in [0, 0.1) is 0 Å². The first-order chi connectivity index (χ1) is 14.1. The molecule has 0 spiro atoms. The maximum absolute atomic E-state index is 12.4. The van der Waals surface area contributed by atoms with Gasteiger partial charge in [-0.2, -0.15) is 0 Å². The number of aromatic nitrogens is 2. The number of anilines is 2. The Hall–Kier alpha value is -2.93. The predicted molar refractivity (Wildman–Crippen MR) is 116 cm³/mol. The fraction of sp³-hybridized carbons (Fsp3) is 0.273. The maximum Gasteiger partial charge on any atom is 0.233 e. The fourth-order valence-electron chi connectivity index (χ4n) is 3.43. The van der Waals surface area contributed by atoms with Gasteiger partial charge in [-0.05, 0) is 49.1 Å². The van der Waals surface area contributed by atoms with E-state index in [9.17, 15) is 8.42 Å². The summed E-state index contributed by atoms with van der Waals surface area (Å²) in [6, 6.07) is 20.8. The Balaban J connectivity index is 1.38. The third-order valence-corrected chi connectivity index (χ3v) is 6.33. The molecule has 3 aromatic rings. The second-order valence-electron chi connectivity index (χ2n) is 7.20. The third kappa shape index (κ3) is 5.12. The summed E-state index contributed by atoms with van der Waals surface area (Å²) in [6.45, 7) is 2.07. The van der Waals surface area contributed by atoms with Crippen LogP contribution in [-0.4, -0.2) is 37.5 Å². The first-order valence-corrected chi connectivity index (χ1v) is 11.5. The largest absolute Gasteiger partial charge is 0.355 e. The summed E-state index contributed by atoms with van der Waals surface area (Å²) in [5.74, 6) is 0.955. The molecule has 1 aromatic heterocycles. The Morgan fingerprint density at radius 1 is 0.862 bits per heavy atom. The molecule has 6 nitrogen and oxygen atoms in total. The first-order valence-electron chi connectivity index (χ1n) is 9.83. The molecule has 29 heavy (non-hydrogen) atoms. The highest BCUT2D eigenvalue weighted by Gasteiger charge is 2.14. The molecule has 0 radical (unpaired) electrons. The number of aryl methyl sites for hydroxylation is 1. The predicted octanol–water partition coefficient (Wildman–Crippen LogP) is 3.73. The minimum absolute atomic E-state index is 0.0439. The number of nitrogens with one attached hydrogen (secondary N) is 1. The molecule has 1 aliphatic heterocycles. The van der Waals surface area contributed by atoms with Crippen LogP contribution in [0.1, 0.15) is 18.4 Å². The van der Waals surface area contributed by atoms with Crippen LogP contribution in [0.25, 0.3) is 11.3 Å². The van der Waals surface area contributed by atoms with Crippen LogP contribution in [0.3, 0.4) is 0 Å². The van der Waals surface area contributed by atoms with Gasteiger partial charge in [0, 0.05) is 24.3 Å². The third-order valence-electron chi connectivity index (χ3n) is 5.04. The minimum atomic E-state index is -3.41. The van der Waals surface area contributed by atoms with Crippen LogP contribution in [0.5, 0.6) is 0 Å². The zero-order valence-corrected chi connectivity index (χ0v) is 17.0. The fourth-order valence-corrected chi connectivity index (χ4v) is 4.53. The van der Waals surface area contributed by atoms with E-state index < -0.39 is 10.0 Å². The van der Waals surface area contributed by atoms with Gasteiger partial charge in [-0.3, -0.25) is 4.72 Å². The van der Waals surface area contributed by atoms with Gasteiger partial charge in [-0.1, -0.05) is 42.5 Å². The van der Waals surface area contributed by atoms with E-state index in [2.05, 4.69) is 19.8 Å². The molecular formula is C22H24N4O2S. The van der Waals surface area contributed by atoms with E-state index in [4.69, 9.17) is 0 Å². The van der Waals surface area contributed by atoms with Crippen molar-refractivity contribution in [3.05, 3.63) is 72.3 Å².